The van der Waals surface area contributed by atoms with Crippen LogP contribution in [0.4, 0.5) is 11.4 Å². The van der Waals surface area contributed by atoms with Gasteiger partial charge < -0.3 is 15.4 Å². The zero-order chi connectivity index (χ0) is 17.5. The predicted octanol–water partition coefficient (Wildman–Crippen LogP) is 3.95. The molecule has 2 aromatic rings. The number of hydrogen-bond donors (Lipinski definition) is 2. The van der Waals surface area contributed by atoms with Crippen molar-refractivity contribution in [3.8, 4) is 5.75 Å². The molecule has 2 N–H and O–H groups in total. The number of halogens is 1. The average molecular weight is 347 g/mol. The molecular formula is C18H19ClN2O3. The van der Waals surface area contributed by atoms with Crippen LogP contribution >= 0.6 is 11.6 Å². The monoisotopic (exact) mass is 346 g/mol. The van der Waals surface area contributed by atoms with E-state index in [0.29, 0.717) is 22.1 Å². The normalized spacial score (nSPS) is 10.3. The molecule has 0 aromatic heterocycles. The predicted molar refractivity (Wildman–Crippen MR) is 95.5 cm³/mol. The first-order valence-corrected chi connectivity index (χ1v) is 7.91. The van der Waals surface area contributed by atoms with Gasteiger partial charge in [-0.05, 0) is 42.5 Å². The Bertz CT molecular complexity index is 714. The highest BCUT2D eigenvalue weighted by Gasteiger charge is 2.08. The molecule has 0 fully saturated rings. The van der Waals surface area contributed by atoms with E-state index >= 15 is 0 Å². The average Bonchev–Trinajstić information content (AvgIpc) is 2.55. The number of ether oxygens (including phenoxy) is 1. The zero-order valence-electron chi connectivity index (χ0n) is 13.5. The summed E-state index contributed by atoms with van der Waals surface area (Å²) in [6, 6.07) is 13.7. The Morgan fingerprint density at radius 2 is 1.67 bits per heavy atom. The molecule has 2 aromatic carbocycles. The first kappa shape index (κ1) is 17.8. The van der Waals surface area contributed by atoms with Gasteiger partial charge in [-0.15, -0.1) is 0 Å². The summed E-state index contributed by atoms with van der Waals surface area (Å²) in [6.07, 6.45) is 0. The molecule has 2 amide bonds. The first-order valence-electron chi connectivity index (χ1n) is 7.53. The van der Waals surface area contributed by atoms with Gasteiger partial charge in [0.15, 0.2) is 6.61 Å². The van der Waals surface area contributed by atoms with E-state index in [9.17, 15) is 9.59 Å². The minimum absolute atomic E-state index is 0.0540. The first-order chi connectivity index (χ1) is 11.4. The Labute approximate surface area is 146 Å². The lowest BCUT2D eigenvalue weighted by atomic mass is 10.2. The highest BCUT2D eigenvalue weighted by molar-refractivity contribution is 6.30. The quantitative estimate of drug-likeness (QED) is 0.832. The van der Waals surface area contributed by atoms with Gasteiger partial charge in [0.05, 0.1) is 0 Å². The molecular weight excluding hydrogens is 328 g/mol. The highest BCUT2D eigenvalue weighted by atomic mass is 35.5. The molecule has 0 spiro atoms. The van der Waals surface area contributed by atoms with E-state index in [2.05, 4.69) is 10.6 Å². The topological polar surface area (TPSA) is 67.4 Å². The molecule has 0 heterocycles. The Morgan fingerprint density at radius 1 is 1.04 bits per heavy atom. The van der Waals surface area contributed by atoms with Gasteiger partial charge in [0, 0.05) is 22.3 Å². The fraction of sp³-hybridized carbons (Fsp3) is 0.222. The summed E-state index contributed by atoms with van der Waals surface area (Å²) in [5.74, 6) is 0.105. The molecule has 0 aliphatic heterocycles. The van der Waals surface area contributed by atoms with E-state index in [4.69, 9.17) is 16.3 Å². The van der Waals surface area contributed by atoms with Gasteiger partial charge in [0.25, 0.3) is 5.91 Å². The number of nitrogens with one attached hydrogen (secondary N) is 2. The summed E-state index contributed by atoms with van der Waals surface area (Å²) < 4.78 is 5.37. The van der Waals surface area contributed by atoms with Crippen LogP contribution in [0.1, 0.15) is 13.8 Å². The standard InChI is InChI=1S/C18H19ClN2O3/c1-12(2)18(23)21-15-8-6-14(7-9-15)20-17(22)11-24-16-5-3-4-13(19)10-16/h3-10,12H,11H2,1-2H3,(H,20,22)(H,21,23). The summed E-state index contributed by atoms with van der Waals surface area (Å²) in [5.41, 5.74) is 1.30. The molecule has 0 unspecified atom stereocenters. The van der Waals surface area contributed by atoms with Crippen molar-refractivity contribution in [3.63, 3.8) is 0 Å². The van der Waals surface area contributed by atoms with Crippen LogP contribution in [0.3, 0.4) is 0 Å². The van der Waals surface area contributed by atoms with Crippen molar-refractivity contribution in [3.05, 3.63) is 53.6 Å². The van der Waals surface area contributed by atoms with Crippen LogP contribution in [0.2, 0.25) is 5.02 Å². The maximum atomic E-state index is 11.9. The van der Waals surface area contributed by atoms with Crippen molar-refractivity contribution in [2.24, 2.45) is 5.92 Å². The van der Waals surface area contributed by atoms with Crippen LogP contribution in [0.25, 0.3) is 0 Å². The Morgan fingerprint density at radius 3 is 2.25 bits per heavy atom. The maximum absolute atomic E-state index is 11.9. The molecule has 0 aliphatic rings. The van der Waals surface area contributed by atoms with Gasteiger partial charge in [-0.1, -0.05) is 31.5 Å². The Hall–Kier alpha value is -2.53. The third-order valence-corrected chi connectivity index (χ3v) is 3.36. The number of carbonyl (C=O) groups is 2. The highest BCUT2D eigenvalue weighted by Crippen LogP contribution is 2.17. The summed E-state index contributed by atoms with van der Waals surface area (Å²) in [6.45, 7) is 3.53. The lowest BCUT2D eigenvalue weighted by Gasteiger charge is -2.10. The SMILES string of the molecule is CC(C)C(=O)Nc1ccc(NC(=O)COc2cccc(Cl)c2)cc1. The molecule has 0 aliphatic carbocycles. The van der Waals surface area contributed by atoms with Crippen LogP contribution in [-0.2, 0) is 9.59 Å². The number of hydrogen-bond acceptors (Lipinski definition) is 3. The Balaban J connectivity index is 1.84. The number of anilines is 2. The lowest BCUT2D eigenvalue weighted by Crippen LogP contribution is -2.20. The molecule has 0 saturated heterocycles. The van der Waals surface area contributed by atoms with Crippen molar-refractivity contribution < 1.29 is 14.3 Å². The molecule has 6 heteroatoms. The number of benzene rings is 2. The summed E-state index contributed by atoms with van der Waals surface area (Å²) in [7, 11) is 0. The van der Waals surface area contributed by atoms with E-state index in [1.54, 1.807) is 48.5 Å². The van der Waals surface area contributed by atoms with Crippen LogP contribution in [0.5, 0.6) is 5.75 Å². The smallest absolute Gasteiger partial charge is 0.262 e. The third kappa shape index (κ3) is 5.59. The molecule has 0 saturated carbocycles. The van der Waals surface area contributed by atoms with E-state index in [-0.39, 0.29) is 24.3 Å². The molecule has 0 bridgehead atoms. The summed E-state index contributed by atoms with van der Waals surface area (Å²) in [4.78, 5) is 23.5. The van der Waals surface area contributed by atoms with E-state index < -0.39 is 0 Å². The molecule has 0 atom stereocenters. The van der Waals surface area contributed by atoms with Crippen LogP contribution < -0.4 is 15.4 Å². The summed E-state index contributed by atoms with van der Waals surface area (Å²) >= 11 is 5.85. The van der Waals surface area contributed by atoms with Crippen LogP contribution in [0, 0.1) is 5.92 Å². The van der Waals surface area contributed by atoms with Gasteiger partial charge in [-0.25, -0.2) is 0 Å². The second kappa shape index (κ2) is 8.36. The van der Waals surface area contributed by atoms with Crippen LogP contribution in [-0.4, -0.2) is 18.4 Å². The van der Waals surface area contributed by atoms with Crippen molar-refractivity contribution in [1.82, 2.24) is 0 Å². The number of rotatable bonds is 6. The second-order valence-corrected chi connectivity index (χ2v) is 5.95. The van der Waals surface area contributed by atoms with Gasteiger partial charge in [0.1, 0.15) is 5.75 Å². The maximum Gasteiger partial charge on any atom is 0.262 e. The van der Waals surface area contributed by atoms with Gasteiger partial charge in [-0.2, -0.15) is 0 Å². The second-order valence-electron chi connectivity index (χ2n) is 5.52. The lowest BCUT2D eigenvalue weighted by molar-refractivity contribution is -0.119. The van der Waals surface area contributed by atoms with Crippen molar-refractivity contribution in [1.29, 1.82) is 0 Å². The molecule has 5 nitrogen and oxygen atoms in total. The van der Waals surface area contributed by atoms with E-state index in [1.807, 2.05) is 13.8 Å². The molecule has 0 radical (unpaired) electrons. The largest absolute Gasteiger partial charge is 0.484 e. The summed E-state index contributed by atoms with van der Waals surface area (Å²) in [5, 5.41) is 6.05. The van der Waals surface area contributed by atoms with Gasteiger partial charge in [0.2, 0.25) is 5.91 Å². The molecule has 126 valence electrons. The third-order valence-electron chi connectivity index (χ3n) is 3.13. The van der Waals surface area contributed by atoms with E-state index in [0.717, 1.165) is 0 Å². The van der Waals surface area contributed by atoms with E-state index in [1.165, 1.54) is 0 Å². The zero-order valence-corrected chi connectivity index (χ0v) is 14.3. The fourth-order valence-corrected chi connectivity index (χ4v) is 2.01. The minimum atomic E-state index is -0.283. The number of carbonyl (C=O) groups excluding carboxylic acids is 2. The number of amides is 2. The van der Waals surface area contributed by atoms with Crippen molar-refractivity contribution in [2.75, 3.05) is 17.2 Å². The van der Waals surface area contributed by atoms with Crippen LogP contribution in [0.15, 0.2) is 48.5 Å². The van der Waals surface area contributed by atoms with Crippen molar-refractivity contribution >= 4 is 34.8 Å². The van der Waals surface area contributed by atoms with Gasteiger partial charge >= 0.3 is 0 Å². The molecule has 24 heavy (non-hydrogen) atoms. The minimum Gasteiger partial charge on any atom is -0.484 e. The van der Waals surface area contributed by atoms with Crippen molar-refractivity contribution in [2.45, 2.75) is 13.8 Å². The van der Waals surface area contributed by atoms with Gasteiger partial charge in [-0.3, -0.25) is 9.59 Å². The fourth-order valence-electron chi connectivity index (χ4n) is 1.83. The molecule has 2 rings (SSSR count). The Kier molecular flexibility index (Phi) is 6.21.